The van der Waals surface area contributed by atoms with Crippen molar-refractivity contribution in [3.05, 3.63) is 48.3 Å². The number of carbonyl (C=O) groups is 1. The molecule has 1 aromatic carbocycles. The van der Waals surface area contributed by atoms with Crippen molar-refractivity contribution >= 4 is 17.3 Å². The van der Waals surface area contributed by atoms with Crippen LogP contribution in [0.5, 0.6) is 5.75 Å². The van der Waals surface area contributed by atoms with Crippen LogP contribution < -0.4 is 10.1 Å². The molecule has 0 atom stereocenters. The Morgan fingerprint density at radius 2 is 1.73 bits per heavy atom. The number of methoxy groups -OCH3 is 1. The number of rotatable bonds is 6. The summed E-state index contributed by atoms with van der Waals surface area (Å²) in [4.78, 5) is 18.2. The van der Waals surface area contributed by atoms with E-state index < -0.39 is 0 Å². The van der Waals surface area contributed by atoms with Crippen molar-refractivity contribution in [1.29, 1.82) is 0 Å². The van der Waals surface area contributed by atoms with E-state index in [1.54, 1.807) is 24.3 Å². The lowest BCUT2D eigenvalue weighted by Gasteiger charge is -2.18. The van der Waals surface area contributed by atoms with Gasteiger partial charge in [-0.2, -0.15) is 0 Å². The highest BCUT2D eigenvalue weighted by Gasteiger charge is 2.13. The zero-order chi connectivity index (χ0) is 15.9. The molecule has 0 saturated heterocycles. The topological polar surface area (TPSA) is 54.5 Å². The fourth-order valence-electron chi connectivity index (χ4n) is 2.11. The van der Waals surface area contributed by atoms with E-state index in [1.807, 2.05) is 44.2 Å². The van der Waals surface area contributed by atoms with Crippen LogP contribution in [-0.4, -0.2) is 36.0 Å². The SMILES string of the molecule is CCN(CC)C(=O)c1ccc(Nc2ccc(OC)cc2)cn1. The molecule has 0 fully saturated rings. The summed E-state index contributed by atoms with van der Waals surface area (Å²) in [5.41, 5.74) is 2.23. The van der Waals surface area contributed by atoms with Gasteiger partial charge in [0.15, 0.2) is 0 Å². The number of ether oxygens (including phenoxy) is 1. The molecule has 1 heterocycles. The molecule has 116 valence electrons. The van der Waals surface area contributed by atoms with Gasteiger partial charge in [-0.05, 0) is 50.2 Å². The van der Waals surface area contributed by atoms with Gasteiger partial charge in [-0.3, -0.25) is 4.79 Å². The van der Waals surface area contributed by atoms with Crippen LogP contribution in [0.2, 0.25) is 0 Å². The van der Waals surface area contributed by atoms with Gasteiger partial charge in [0.05, 0.1) is 19.0 Å². The standard InChI is InChI=1S/C17H21N3O2/c1-4-20(5-2)17(21)16-11-8-14(12-18-16)19-13-6-9-15(22-3)10-7-13/h6-12,19H,4-5H2,1-3H3. The van der Waals surface area contributed by atoms with Crippen LogP contribution >= 0.6 is 0 Å². The van der Waals surface area contributed by atoms with Gasteiger partial charge in [0.1, 0.15) is 11.4 Å². The number of pyridine rings is 1. The van der Waals surface area contributed by atoms with Crippen molar-refractivity contribution < 1.29 is 9.53 Å². The van der Waals surface area contributed by atoms with Gasteiger partial charge < -0.3 is 15.0 Å². The lowest BCUT2D eigenvalue weighted by atomic mass is 10.2. The van der Waals surface area contributed by atoms with Crippen molar-refractivity contribution in [1.82, 2.24) is 9.88 Å². The lowest BCUT2D eigenvalue weighted by molar-refractivity contribution is 0.0767. The summed E-state index contributed by atoms with van der Waals surface area (Å²) >= 11 is 0. The highest BCUT2D eigenvalue weighted by molar-refractivity contribution is 5.92. The minimum Gasteiger partial charge on any atom is -0.497 e. The summed E-state index contributed by atoms with van der Waals surface area (Å²) in [5.74, 6) is 0.768. The predicted molar refractivity (Wildman–Crippen MR) is 87.8 cm³/mol. The quantitative estimate of drug-likeness (QED) is 0.889. The molecular weight excluding hydrogens is 278 g/mol. The van der Waals surface area contributed by atoms with E-state index in [0.717, 1.165) is 17.1 Å². The number of anilines is 2. The molecule has 1 aromatic heterocycles. The second kappa shape index (κ2) is 7.45. The van der Waals surface area contributed by atoms with E-state index in [9.17, 15) is 4.79 Å². The average molecular weight is 299 g/mol. The molecule has 0 radical (unpaired) electrons. The Bertz CT molecular complexity index is 605. The molecule has 0 saturated carbocycles. The minimum atomic E-state index is -0.0407. The molecular formula is C17H21N3O2. The Morgan fingerprint density at radius 1 is 1.09 bits per heavy atom. The van der Waals surface area contributed by atoms with E-state index >= 15 is 0 Å². The molecule has 1 amide bonds. The number of nitrogens with one attached hydrogen (secondary N) is 1. The van der Waals surface area contributed by atoms with Crippen molar-refractivity contribution in [2.45, 2.75) is 13.8 Å². The molecule has 22 heavy (non-hydrogen) atoms. The maximum Gasteiger partial charge on any atom is 0.272 e. The van der Waals surface area contributed by atoms with E-state index in [2.05, 4.69) is 10.3 Å². The summed E-state index contributed by atoms with van der Waals surface area (Å²) in [5, 5.41) is 3.24. The van der Waals surface area contributed by atoms with Gasteiger partial charge >= 0.3 is 0 Å². The number of benzene rings is 1. The molecule has 5 heteroatoms. The number of aromatic nitrogens is 1. The zero-order valence-corrected chi connectivity index (χ0v) is 13.2. The van der Waals surface area contributed by atoms with Gasteiger partial charge in [0, 0.05) is 18.8 Å². The monoisotopic (exact) mass is 299 g/mol. The van der Waals surface area contributed by atoms with Gasteiger partial charge in [0.2, 0.25) is 0 Å². The number of carbonyl (C=O) groups excluding carboxylic acids is 1. The Kier molecular flexibility index (Phi) is 5.36. The molecule has 2 rings (SSSR count). The van der Waals surface area contributed by atoms with Crippen LogP contribution in [0.1, 0.15) is 24.3 Å². The molecule has 5 nitrogen and oxygen atoms in total. The van der Waals surface area contributed by atoms with Gasteiger partial charge in [-0.1, -0.05) is 0 Å². The third-order valence-electron chi connectivity index (χ3n) is 3.41. The van der Waals surface area contributed by atoms with Gasteiger partial charge in [-0.15, -0.1) is 0 Å². The molecule has 0 aliphatic heterocycles. The maximum atomic E-state index is 12.2. The molecule has 0 unspecified atom stereocenters. The molecule has 0 aliphatic rings. The van der Waals surface area contributed by atoms with Crippen LogP contribution in [0.15, 0.2) is 42.6 Å². The van der Waals surface area contributed by atoms with Crippen molar-refractivity contribution in [2.24, 2.45) is 0 Å². The lowest BCUT2D eigenvalue weighted by Crippen LogP contribution is -2.31. The smallest absolute Gasteiger partial charge is 0.272 e. The molecule has 0 spiro atoms. The van der Waals surface area contributed by atoms with Gasteiger partial charge in [-0.25, -0.2) is 4.98 Å². The number of hydrogen-bond acceptors (Lipinski definition) is 4. The summed E-state index contributed by atoms with van der Waals surface area (Å²) in [6, 6.07) is 11.2. The molecule has 2 aromatic rings. The van der Waals surface area contributed by atoms with E-state index in [4.69, 9.17) is 4.74 Å². The number of amides is 1. The average Bonchev–Trinajstić information content (AvgIpc) is 2.57. The summed E-state index contributed by atoms with van der Waals surface area (Å²) in [6.07, 6.45) is 1.67. The Labute approximate surface area is 130 Å². The van der Waals surface area contributed by atoms with Crippen molar-refractivity contribution in [3.63, 3.8) is 0 Å². The van der Waals surface area contributed by atoms with Crippen LogP contribution in [0.4, 0.5) is 11.4 Å². The first-order valence-corrected chi connectivity index (χ1v) is 7.34. The second-order valence-electron chi connectivity index (χ2n) is 4.76. The normalized spacial score (nSPS) is 10.1. The summed E-state index contributed by atoms with van der Waals surface area (Å²) in [7, 11) is 1.64. The van der Waals surface area contributed by atoms with Crippen LogP contribution in [0.3, 0.4) is 0 Å². The van der Waals surface area contributed by atoms with Crippen LogP contribution in [-0.2, 0) is 0 Å². The Balaban J connectivity index is 2.06. The first kappa shape index (κ1) is 15.8. The highest BCUT2D eigenvalue weighted by Crippen LogP contribution is 2.19. The van der Waals surface area contributed by atoms with E-state index in [1.165, 1.54) is 0 Å². The fourth-order valence-corrected chi connectivity index (χ4v) is 2.11. The van der Waals surface area contributed by atoms with E-state index in [0.29, 0.717) is 18.8 Å². The first-order valence-electron chi connectivity index (χ1n) is 7.34. The second-order valence-corrected chi connectivity index (χ2v) is 4.76. The number of hydrogen-bond donors (Lipinski definition) is 1. The largest absolute Gasteiger partial charge is 0.497 e. The van der Waals surface area contributed by atoms with Crippen molar-refractivity contribution in [3.8, 4) is 5.75 Å². The Hall–Kier alpha value is -2.56. The van der Waals surface area contributed by atoms with Gasteiger partial charge in [0.25, 0.3) is 5.91 Å². The first-order chi connectivity index (χ1) is 10.7. The van der Waals surface area contributed by atoms with E-state index in [-0.39, 0.29) is 5.91 Å². The summed E-state index contributed by atoms with van der Waals surface area (Å²) < 4.78 is 5.12. The maximum absolute atomic E-state index is 12.2. The van der Waals surface area contributed by atoms with Crippen LogP contribution in [0, 0.1) is 0 Å². The zero-order valence-electron chi connectivity index (χ0n) is 13.2. The fraction of sp³-hybridized carbons (Fsp3) is 0.294. The van der Waals surface area contributed by atoms with Crippen molar-refractivity contribution in [2.75, 3.05) is 25.5 Å². The third-order valence-corrected chi connectivity index (χ3v) is 3.41. The Morgan fingerprint density at radius 3 is 2.23 bits per heavy atom. The summed E-state index contributed by atoms with van der Waals surface area (Å²) in [6.45, 7) is 5.29. The molecule has 0 bridgehead atoms. The number of nitrogens with zero attached hydrogens (tertiary/aromatic N) is 2. The third kappa shape index (κ3) is 3.75. The molecule has 1 N–H and O–H groups in total. The van der Waals surface area contributed by atoms with Crippen LogP contribution in [0.25, 0.3) is 0 Å². The minimum absolute atomic E-state index is 0.0407. The molecule has 0 aliphatic carbocycles. The predicted octanol–water partition coefficient (Wildman–Crippen LogP) is 3.32. The highest BCUT2D eigenvalue weighted by atomic mass is 16.5.